The molecule has 0 radical (unpaired) electrons. The van der Waals surface area contributed by atoms with Crippen molar-refractivity contribution in [2.75, 3.05) is 6.54 Å². The molecular weight excluding hydrogens is 299 g/mol. The average molecular weight is 314 g/mol. The molecule has 0 aliphatic carbocycles. The largest absolute Gasteiger partial charge is 0.550 e. The summed E-state index contributed by atoms with van der Waals surface area (Å²) < 4.78 is 38.5. The van der Waals surface area contributed by atoms with Gasteiger partial charge >= 0.3 is 6.18 Å². The lowest BCUT2D eigenvalue weighted by molar-refractivity contribution is -0.306. The number of carbonyl (C=O) groups excluding carboxylic acids is 2. The zero-order chi connectivity index (χ0) is 16.7. The summed E-state index contributed by atoms with van der Waals surface area (Å²) >= 11 is 0. The third kappa shape index (κ3) is 3.08. The Kier molecular flexibility index (Phi) is 4.17. The molecule has 0 aromatic heterocycles. The molecule has 7 heteroatoms. The molecule has 0 saturated heterocycles. The van der Waals surface area contributed by atoms with E-state index < -0.39 is 36.1 Å². The van der Waals surface area contributed by atoms with Gasteiger partial charge < -0.3 is 14.8 Å². The van der Waals surface area contributed by atoms with Crippen LogP contribution in [0.2, 0.25) is 0 Å². The predicted molar refractivity (Wildman–Crippen MR) is 69.7 cm³/mol. The minimum atomic E-state index is -4.55. The highest BCUT2D eigenvalue weighted by Crippen LogP contribution is 2.40. The van der Waals surface area contributed by atoms with Crippen LogP contribution in [-0.4, -0.2) is 23.3 Å². The van der Waals surface area contributed by atoms with Gasteiger partial charge in [0.2, 0.25) is 0 Å². The molecule has 1 amide bonds. The summed E-state index contributed by atoms with van der Waals surface area (Å²) in [6, 6.07) is 1.90. The highest BCUT2D eigenvalue weighted by molar-refractivity contribution is 5.99. The first-order valence-electron chi connectivity index (χ1n) is 6.83. The van der Waals surface area contributed by atoms with Crippen molar-refractivity contribution in [2.24, 2.45) is 5.92 Å². The number of alkyl halides is 3. The number of rotatable bonds is 4. The standard InChI is InChI=1S/C15H16F3NO3/c1-8(2)7-19-12(6-13(20)21)11-5-9(15(16,17)18)3-4-10(11)14(19)22/h3-5,8,12H,6-7H2,1-2H3,(H,20,21)/p-1. The van der Waals surface area contributed by atoms with Crippen molar-refractivity contribution in [3.63, 3.8) is 0 Å². The molecule has 22 heavy (non-hydrogen) atoms. The van der Waals surface area contributed by atoms with Crippen LogP contribution in [0.15, 0.2) is 18.2 Å². The first kappa shape index (κ1) is 16.3. The SMILES string of the molecule is CC(C)CN1C(=O)c2ccc(C(F)(F)F)cc2C1CC(=O)[O-]. The van der Waals surface area contributed by atoms with Crippen LogP contribution in [0, 0.1) is 5.92 Å². The van der Waals surface area contributed by atoms with E-state index in [1.807, 2.05) is 13.8 Å². The van der Waals surface area contributed by atoms with E-state index in [9.17, 15) is 27.9 Å². The van der Waals surface area contributed by atoms with E-state index in [4.69, 9.17) is 0 Å². The Labute approximate surface area is 125 Å². The predicted octanol–water partition coefficient (Wildman–Crippen LogP) is 2.00. The van der Waals surface area contributed by atoms with Crippen LogP contribution in [0.4, 0.5) is 13.2 Å². The van der Waals surface area contributed by atoms with Gasteiger partial charge in [0.05, 0.1) is 11.6 Å². The van der Waals surface area contributed by atoms with Gasteiger partial charge in [0.1, 0.15) is 0 Å². The van der Waals surface area contributed by atoms with E-state index in [1.165, 1.54) is 4.90 Å². The maximum absolute atomic E-state index is 12.8. The minimum absolute atomic E-state index is 0.0598. The molecule has 0 N–H and O–H groups in total. The lowest BCUT2D eigenvalue weighted by atomic mass is 9.99. The van der Waals surface area contributed by atoms with Gasteiger partial charge in [-0.2, -0.15) is 13.2 Å². The molecule has 120 valence electrons. The van der Waals surface area contributed by atoms with Crippen molar-refractivity contribution in [3.8, 4) is 0 Å². The highest BCUT2D eigenvalue weighted by Gasteiger charge is 2.39. The first-order chi connectivity index (χ1) is 10.1. The summed E-state index contributed by atoms with van der Waals surface area (Å²) in [4.78, 5) is 24.5. The fourth-order valence-corrected chi connectivity index (χ4v) is 2.66. The van der Waals surface area contributed by atoms with Gasteiger partial charge in [-0.3, -0.25) is 4.79 Å². The number of amides is 1. The molecule has 1 aliphatic heterocycles. The lowest BCUT2D eigenvalue weighted by Gasteiger charge is -2.27. The molecule has 4 nitrogen and oxygen atoms in total. The molecule has 1 heterocycles. The molecule has 0 spiro atoms. The maximum atomic E-state index is 12.8. The van der Waals surface area contributed by atoms with Crippen LogP contribution < -0.4 is 5.11 Å². The Bertz CT molecular complexity index is 611. The average Bonchev–Trinajstić information content (AvgIpc) is 2.62. The lowest BCUT2D eigenvalue weighted by Crippen LogP contribution is -2.35. The van der Waals surface area contributed by atoms with Gasteiger partial charge in [-0.15, -0.1) is 0 Å². The normalized spacial score (nSPS) is 18.0. The number of fused-ring (bicyclic) bond motifs is 1. The van der Waals surface area contributed by atoms with Gasteiger partial charge in [-0.25, -0.2) is 0 Å². The minimum Gasteiger partial charge on any atom is -0.550 e. The molecule has 0 bridgehead atoms. The molecule has 1 atom stereocenters. The zero-order valence-electron chi connectivity index (χ0n) is 12.1. The van der Waals surface area contributed by atoms with Crippen molar-refractivity contribution in [1.29, 1.82) is 0 Å². The van der Waals surface area contributed by atoms with Gasteiger partial charge in [-0.1, -0.05) is 13.8 Å². The molecule has 0 saturated carbocycles. The Morgan fingerprint density at radius 3 is 2.50 bits per heavy atom. The Hall–Kier alpha value is -2.05. The zero-order valence-corrected chi connectivity index (χ0v) is 12.1. The second kappa shape index (κ2) is 5.62. The van der Waals surface area contributed by atoms with Crippen LogP contribution in [0.3, 0.4) is 0 Å². The summed E-state index contributed by atoms with van der Waals surface area (Å²) in [6.45, 7) is 3.95. The van der Waals surface area contributed by atoms with Crippen LogP contribution in [-0.2, 0) is 11.0 Å². The number of halogens is 3. The fraction of sp³-hybridized carbons (Fsp3) is 0.467. The summed E-state index contributed by atoms with van der Waals surface area (Å²) in [5.74, 6) is -1.79. The van der Waals surface area contributed by atoms with E-state index in [1.54, 1.807) is 0 Å². The Morgan fingerprint density at radius 2 is 2.00 bits per heavy atom. The number of benzene rings is 1. The summed E-state index contributed by atoms with van der Waals surface area (Å²) in [7, 11) is 0. The van der Waals surface area contributed by atoms with E-state index in [0.717, 1.165) is 18.2 Å². The van der Waals surface area contributed by atoms with Crippen LogP contribution in [0.1, 0.15) is 47.8 Å². The highest BCUT2D eigenvalue weighted by atomic mass is 19.4. The van der Waals surface area contributed by atoms with Crippen molar-refractivity contribution in [1.82, 2.24) is 4.90 Å². The summed E-state index contributed by atoms with van der Waals surface area (Å²) in [5, 5.41) is 10.9. The van der Waals surface area contributed by atoms with E-state index >= 15 is 0 Å². The monoisotopic (exact) mass is 314 g/mol. The number of carboxylic acids is 1. The van der Waals surface area contributed by atoms with Gasteiger partial charge in [0.25, 0.3) is 5.91 Å². The second-order valence-corrected chi connectivity index (χ2v) is 5.74. The maximum Gasteiger partial charge on any atom is 0.416 e. The third-order valence-corrected chi connectivity index (χ3v) is 3.53. The fourth-order valence-electron chi connectivity index (χ4n) is 2.66. The van der Waals surface area contributed by atoms with Crippen molar-refractivity contribution >= 4 is 11.9 Å². The van der Waals surface area contributed by atoms with Gasteiger partial charge in [0.15, 0.2) is 0 Å². The van der Waals surface area contributed by atoms with Crippen molar-refractivity contribution < 1.29 is 27.9 Å². The van der Waals surface area contributed by atoms with Gasteiger partial charge in [0, 0.05) is 24.5 Å². The van der Waals surface area contributed by atoms with E-state index in [-0.39, 0.29) is 23.6 Å². The summed E-state index contributed by atoms with van der Waals surface area (Å²) in [5.41, 5.74) is -0.668. The number of hydrogen-bond donors (Lipinski definition) is 0. The quantitative estimate of drug-likeness (QED) is 0.854. The van der Waals surface area contributed by atoms with Gasteiger partial charge in [-0.05, 0) is 29.7 Å². The molecule has 1 aromatic carbocycles. The Balaban J connectivity index is 2.48. The van der Waals surface area contributed by atoms with Crippen molar-refractivity contribution in [3.05, 3.63) is 34.9 Å². The van der Waals surface area contributed by atoms with E-state index in [0.29, 0.717) is 0 Å². The molecule has 2 rings (SSSR count). The molecule has 1 aromatic rings. The number of aliphatic carboxylic acids is 1. The number of carboxylic acid groups (broad SMARTS) is 1. The van der Waals surface area contributed by atoms with Crippen LogP contribution in [0.5, 0.6) is 0 Å². The van der Waals surface area contributed by atoms with Crippen molar-refractivity contribution in [2.45, 2.75) is 32.5 Å². The number of hydrogen-bond acceptors (Lipinski definition) is 3. The van der Waals surface area contributed by atoms with E-state index in [2.05, 4.69) is 0 Å². The smallest absolute Gasteiger partial charge is 0.416 e. The second-order valence-electron chi connectivity index (χ2n) is 5.74. The third-order valence-electron chi connectivity index (χ3n) is 3.53. The first-order valence-corrected chi connectivity index (χ1v) is 6.83. The molecule has 1 unspecified atom stereocenters. The summed E-state index contributed by atoms with van der Waals surface area (Å²) in [6.07, 6.45) is -5.07. The number of nitrogens with zero attached hydrogens (tertiary/aromatic N) is 1. The molecule has 1 aliphatic rings. The number of carbonyl (C=O) groups is 2. The molecular formula is C15H15F3NO3-. The Morgan fingerprint density at radius 1 is 1.36 bits per heavy atom. The molecule has 0 fully saturated rings. The van der Waals surface area contributed by atoms with Crippen LogP contribution in [0.25, 0.3) is 0 Å². The van der Waals surface area contributed by atoms with Crippen LogP contribution >= 0.6 is 0 Å². The topological polar surface area (TPSA) is 60.4 Å².